The molecule has 0 saturated heterocycles. The Morgan fingerprint density at radius 2 is 1.75 bits per heavy atom. The van der Waals surface area contributed by atoms with Gasteiger partial charge in [-0.15, -0.1) is 0 Å². The van der Waals surface area contributed by atoms with E-state index in [-0.39, 0.29) is 18.9 Å². The molecule has 10 heteroatoms. The molecule has 0 aromatic heterocycles. The standard InChI is InChI=1S/C10H18N4O6/c11-10(12)13-3-1-2-5(8(17)18)14-7(16)4-6(15)9(19)20/h5-6,15H,1-4H2,(H,14,16)(H,17,18)(H,19,20)(H4,11,12,13)/t5-,6+/m0/s1. The topological polar surface area (TPSA) is 188 Å². The smallest absolute Gasteiger partial charge is 0.333 e. The number of carbonyl (C=O) groups is 3. The van der Waals surface area contributed by atoms with Crippen molar-refractivity contribution in [3.8, 4) is 0 Å². The summed E-state index contributed by atoms with van der Waals surface area (Å²) in [6.07, 6.45) is -2.20. The predicted octanol–water partition coefficient (Wildman–Crippen LogP) is -2.55. The Kier molecular flexibility index (Phi) is 7.67. The fraction of sp³-hybridized carbons (Fsp3) is 0.600. The van der Waals surface area contributed by atoms with E-state index in [1.807, 2.05) is 0 Å². The fourth-order valence-corrected chi connectivity index (χ4v) is 1.28. The molecule has 0 rings (SSSR count). The number of aliphatic imine (C=N–C) groups is 1. The van der Waals surface area contributed by atoms with E-state index in [0.717, 1.165) is 0 Å². The summed E-state index contributed by atoms with van der Waals surface area (Å²) in [5.41, 5.74) is 10.2. The average molecular weight is 290 g/mol. The number of nitrogens with one attached hydrogen (secondary N) is 1. The van der Waals surface area contributed by atoms with Crippen molar-refractivity contribution >= 4 is 23.8 Å². The highest BCUT2D eigenvalue weighted by Gasteiger charge is 2.23. The summed E-state index contributed by atoms with van der Waals surface area (Å²) in [4.78, 5) is 36.3. The molecule has 8 N–H and O–H groups in total. The number of carbonyl (C=O) groups excluding carboxylic acids is 1. The first-order valence-electron chi connectivity index (χ1n) is 5.72. The van der Waals surface area contributed by atoms with Gasteiger partial charge in [-0.2, -0.15) is 0 Å². The number of carboxylic acids is 2. The number of rotatable bonds is 9. The summed E-state index contributed by atoms with van der Waals surface area (Å²) in [7, 11) is 0. The molecule has 0 aliphatic rings. The molecule has 10 nitrogen and oxygen atoms in total. The molecule has 2 atom stereocenters. The van der Waals surface area contributed by atoms with Crippen molar-refractivity contribution in [1.82, 2.24) is 5.32 Å². The molecule has 0 aromatic carbocycles. The van der Waals surface area contributed by atoms with Crippen LogP contribution in [0.25, 0.3) is 0 Å². The number of nitrogens with zero attached hydrogens (tertiary/aromatic N) is 1. The number of carboxylic acid groups (broad SMARTS) is 2. The summed E-state index contributed by atoms with van der Waals surface area (Å²) in [6, 6.07) is -1.20. The molecule has 0 unspecified atom stereocenters. The van der Waals surface area contributed by atoms with E-state index >= 15 is 0 Å². The molecular formula is C10H18N4O6. The molecule has 20 heavy (non-hydrogen) atoms. The molecule has 0 fully saturated rings. The van der Waals surface area contributed by atoms with Gasteiger partial charge in [0.2, 0.25) is 5.91 Å². The number of guanidine groups is 1. The van der Waals surface area contributed by atoms with Gasteiger partial charge in [-0.3, -0.25) is 9.79 Å². The van der Waals surface area contributed by atoms with Crippen LogP contribution in [0.3, 0.4) is 0 Å². The number of aliphatic carboxylic acids is 2. The molecule has 1 amide bonds. The van der Waals surface area contributed by atoms with E-state index in [0.29, 0.717) is 6.42 Å². The Labute approximate surface area is 114 Å². The van der Waals surface area contributed by atoms with Gasteiger partial charge >= 0.3 is 11.9 Å². The van der Waals surface area contributed by atoms with Gasteiger partial charge in [0.1, 0.15) is 6.04 Å². The van der Waals surface area contributed by atoms with Crippen LogP contribution in [0.1, 0.15) is 19.3 Å². The van der Waals surface area contributed by atoms with E-state index in [4.69, 9.17) is 26.8 Å². The highest BCUT2D eigenvalue weighted by Crippen LogP contribution is 2.00. The summed E-state index contributed by atoms with van der Waals surface area (Å²) in [5.74, 6) is -3.81. The Morgan fingerprint density at radius 3 is 2.20 bits per heavy atom. The Hall–Kier alpha value is -2.36. The minimum Gasteiger partial charge on any atom is -0.480 e. The van der Waals surface area contributed by atoms with Gasteiger partial charge in [-0.25, -0.2) is 9.59 Å². The zero-order valence-corrected chi connectivity index (χ0v) is 10.7. The highest BCUT2D eigenvalue weighted by atomic mass is 16.4. The Balaban J connectivity index is 4.27. The van der Waals surface area contributed by atoms with Gasteiger partial charge in [0.15, 0.2) is 12.1 Å². The molecule has 0 aromatic rings. The molecule has 0 bridgehead atoms. The average Bonchev–Trinajstić information content (AvgIpc) is 2.32. The molecule has 0 aliphatic heterocycles. The van der Waals surface area contributed by atoms with Crippen LogP contribution in [-0.4, -0.2) is 57.8 Å². The summed E-state index contributed by atoms with van der Waals surface area (Å²) >= 11 is 0. The third-order valence-corrected chi connectivity index (χ3v) is 2.24. The van der Waals surface area contributed by atoms with Gasteiger partial charge < -0.3 is 32.1 Å². The second kappa shape index (κ2) is 8.69. The quantitative estimate of drug-likeness (QED) is 0.152. The van der Waals surface area contributed by atoms with E-state index in [1.54, 1.807) is 0 Å². The molecule has 0 spiro atoms. The summed E-state index contributed by atoms with van der Waals surface area (Å²) in [5, 5.41) is 28.4. The number of aliphatic hydroxyl groups excluding tert-OH is 1. The van der Waals surface area contributed by atoms with E-state index < -0.39 is 36.4 Å². The molecule has 0 radical (unpaired) electrons. The van der Waals surface area contributed by atoms with Gasteiger partial charge in [-0.05, 0) is 12.8 Å². The molecule has 0 heterocycles. The number of aliphatic hydroxyl groups is 1. The Bertz CT molecular complexity index is 393. The third kappa shape index (κ3) is 7.87. The van der Waals surface area contributed by atoms with Crippen molar-refractivity contribution < 1.29 is 29.7 Å². The first kappa shape index (κ1) is 17.6. The maximum absolute atomic E-state index is 11.3. The summed E-state index contributed by atoms with van der Waals surface area (Å²) in [6.45, 7) is 0.208. The van der Waals surface area contributed by atoms with Crippen LogP contribution in [0.15, 0.2) is 4.99 Å². The monoisotopic (exact) mass is 290 g/mol. The lowest BCUT2D eigenvalue weighted by atomic mass is 10.1. The Morgan fingerprint density at radius 1 is 1.15 bits per heavy atom. The predicted molar refractivity (Wildman–Crippen MR) is 67.7 cm³/mol. The lowest BCUT2D eigenvalue weighted by Gasteiger charge is -2.14. The summed E-state index contributed by atoms with van der Waals surface area (Å²) < 4.78 is 0. The van der Waals surface area contributed by atoms with Gasteiger partial charge in [0.05, 0.1) is 6.42 Å². The second-order valence-corrected chi connectivity index (χ2v) is 3.97. The van der Waals surface area contributed by atoms with E-state index in [2.05, 4.69) is 10.3 Å². The van der Waals surface area contributed by atoms with Crippen LogP contribution in [0.5, 0.6) is 0 Å². The van der Waals surface area contributed by atoms with Crippen LogP contribution in [-0.2, 0) is 14.4 Å². The van der Waals surface area contributed by atoms with Gasteiger partial charge in [0.25, 0.3) is 0 Å². The zero-order chi connectivity index (χ0) is 15.7. The van der Waals surface area contributed by atoms with Crippen molar-refractivity contribution in [1.29, 1.82) is 0 Å². The molecule has 0 aliphatic carbocycles. The maximum atomic E-state index is 11.3. The van der Waals surface area contributed by atoms with Crippen LogP contribution < -0.4 is 16.8 Å². The SMILES string of the molecule is NC(N)=NCCC[C@H](NC(=O)C[C@@H](O)C(=O)O)C(=O)O. The van der Waals surface area contributed by atoms with Crippen molar-refractivity contribution in [2.45, 2.75) is 31.4 Å². The molecule has 0 saturated carbocycles. The maximum Gasteiger partial charge on any atom is 0.333 e. The molecule has 114 valence electrons. The first-order valence-corrected chi connectivity index (χ1v) is 5.72. The van der Waals surface area contributed by atoms with Crippen LogP contribution >= 0.6 is 0 Å². The van der Waals surface area contributed by atoms with Crippen LogP contribution in [0, 0.1) is 0 Å². The number of hydrogen-bond donors (Lipinski definition) is 6. The van der Waals surface area contributed by atoms with Crippen molar-refractivity contribution in [3.05, 3.63) is 0 Å². The van der Waals surface area contributed by atoms with Gasteiger partial charge in [0, 0.05) is 6.54 Å². The van der Waals surface area contributed by atoms with Crippen molar-refractivity contribution in [2.75, 3.05) is 6.54 Å². The molecular weight excluding hydrogens is 272 g/mol. The number of amides is 1. The number of nitrogens with two attached hydrogens (primary N) is 2. The first-order chi connectivity index (χ1) is 9.23. The lowest BCUT2D eigenvalue weighted by Crippen LogP contribution is -2.42. The lowest BCUT2D eigenvalue weighted by molar-refractivity contribution is -0.149. The van der Waals surface area contributed by atoms with E-state index in [1.165, 1.54) is 0 Å². The van der Waals surface area contributed by atoms with Crippen LogP contribution in [0.4, 0.5) is 0 Å². The van der Waals surface area contributed by atoms with Gasteiger partial charge in [-0.1, -0.05) is 0 Å². The third-order valence-electron chi connectivity index (χ3n) is 2.24. The largest absolute Gasteiger partial charge is 0.480 e. The highest BCUT2D eigenvalue weighted by molar-refractivity contribution is 5.87. The fourth-order valence-electron chi connectivity index (χ4n) is 1.28. The van der Waals surface area contributed by atoms with Crippen molar-refractivity contribution in [2.24, 2.45) is 16.5 Å². The minimum absolute atomic E-state index is 0.0705. The second-order valence-electron chi connectivity index (χ2n) is 3.97. The van der Waals surface area contributed by atoms with Crippen molar-refractivity contribution in [3.63, 3.8) is 0 Å². The number of hydrogen-bond acceptors (Lipinski definition) is 5. The van der Waals surface area contributed by atoms with E-state index in [9.17, 15) is 14.4 Å². The van der Waals surface area contributed by atoms with Crippen LogP contribution in [0.2, 0.25) is 0 Å². The normalized spacial score (nSPS) is 13.1. The minimum atomic E-state index is -1.87. The zero-order valence-electron chi connectivity index (χ0n) is 10.7.